The zero-order chi connectivity index (χ0) is 13.9. The van der Waals surface area contributed by atoms with Crippen molar-refractivity contribution >= 4 is 17.3 Å². The van der Waals surface area contributed by atoms with Gasteiger partial charge in [-0.2, -0.15) is 0 Å². The van der Waals surface area contributed by atoms with Crippen molar-refractivity contribution < 1.29 is 13.9 Å². The van der Waals surface area contributed by atoms with Gasteiger partial charge in [0.25, 0.3) is 0 Å². The molecule has 1 heterocycles. The van der Waals surface area contributed by atoms with Gasteiger partial charge >= 0.3 is 0 Å². The number of nitrogens with one attached hydrogen (secondary N) is 1. The Bertz CT molecular complexity index is 633. The summed E-state index contributed by atoms with van der Waals surface area (Å²) in [6.07, 6.45) is 0. The first-order chi connectivity index (χ1) is 9.72. The second kappa shape index (κ2) is 5.59. The first-order valence-corrected chi connectivity index (χ1v) is 6.67. The molecule has 0 atom stereocenters. The first-order valence-electron chi connectivity index (χ1n) is 6.30. The van der Waals surface area contributed by atoms with Gasteiger partial charge in [-0.25, -0.2) is 4.39 Å². The molecule has 104 valence electrons. The molecule has 0 aromatic heterocycles. The third kappa shape index (κ3) is 2.80. The topological polar surface area (TPSA) is 30.5 Å². The van der Waals surface area contributed by atoms with Crippen LogP contribution in [0.15, 0.2) is 36.4 Å². The van der Waals surface area contributed by atoms with Gasteiger partial charge in [-0.3, -0.25) is 0 Å². The van der Waals surface area contributed by atoms with Crippen LogP contribution < -0.4 is 14.8 Å². The van der Waals surface area contributed by atoms with Gasteiger partial charge in [0.2, 0.25) is 0 Å². The molecule has 2 aromatic carbocycles. The van der Waals surface area contributed by atoms with E-state index in [9.17, 15) is 4.39 Å². The molecule has 3 rings (SSSR count). The van der Waals surface area contributed by atoms with Crippen LogP contribution in [-0.2, 0) is 6.54 Å². The summed E-state index contributed by atoms with van der Waals surface area (Å²) in [6, 6.07) is 10.2. The number of ether oxygens (including phenoxy) is 2. The molecule has 1 aliphatic rings. The standard InChI is InChI=1S/C15H13ClFNO2/c16-11-2-3-13(12(17)8-11)18-9-10-1-4-14-15(7-10)20-6-5-19-14/h1-4,7-8,18H,5-6,9H2. The lowest BCUT2D eigenvalue weighted by atomic mass is 10.2. The summed E-state index contributed by atoms with van der Waals surface area (Å²) in [6.45, 7) is 1.62. The maximum absolute atomic E-state index is 13.6. The van der Waals surface area contributed by atoms with Crippen LogP contribution >= 0.6 is 11.6 Å². The zero-order valence-electron chi connectivity index (χ0n) is 10.7. The fraction of sp³-hybridized carbons (Fsp3) is 0.200. The Labute approximate surface area is 121 Å². The highest BCUT2D eigenvalue weighted by atomic mass is 35.5. The van der Waals surface area contributed by atoms with Gasteiger partial charge in [-0.1, -0.05) is 17.7 Å². The monoisotopic (exact) mass is 293 g/mol. The summed E-state index contributed by atoms with van der Waals surface area (Å²) in [5.74, 6) is 1.11. The lowest BCUT2D eigenvalue weighted by molar-refractivity contribution is 0.171. The van der Waals surface area contributed by atoms with E-state index in [1.54, 1.807) is 12.1 Å². The summed E-state index contributed by atoms with van der Waals surface area (Å²) < 4.78 is 24.6. The van der Waals surface area contributed by atoms with Gasteiger partial charge in [-0.05, 0) is 35.9 Å². The largest absolute Gasteiger partial charge is 0.486 e. The lowest BCUT2D eigenvalue weighted by Gasteiger charge is -2.19. The zero-order valence-corrected chi connectivity index (χ0v) is 11.4. The maximum atomic E-state index is 13.6. The van der Waals surface area contributed by atoms with Crippen molar-refractivity contribution in [2.75, 3.05) is 18.5 Å². The van der Waals surface area contributed by atoms with E-state index in [0.717, 1.165) is 17.1 Å². The van der Waals surface area contributed by atoms with Gasteiger partial charge in [0.05, 0.1) is 5.69 Å². The Morgan fingerprint density at radius 2 is 1.85 bits per heavy atom. The molecular formula is C15H13ClFNO2. The third-order valence-electron chi connectivity index (χ3n) is 3.02. The van der Waals surface area contributed by atoms with Crippen molar-refractivity contribution in [2.45, 2.75) is 6.54 Å². The fourth-order valence-corrected chi connectivity index (χ4v) is 2.19. The molecule has 0 bridgehead atoms. The van der Waals surface area contributed by atoms with E-state index in [1.165, 1.54) is 6.07 Å². The van der Waals surface area contributed by atoms with Crippen molar-refractivity contribution in [3.8, 4) is 11.5 Å². The van der Waals surface area contributed by atoms with Gasteiger partial charge in [0.15, 0.2) is 11.5 Å². The smallest absolute Gasteiger partial charge is 0.161 e. The van der Waals surface area contributed by atoms with E-state index in [-0.39, 0.29) is 5.82 Å². The van der Waals surface area contributed by atoms with Crippen molar-refractivity contribution in [1.82, 2.24) is 0 Å². The summed E-state index contributed by atoms with van der Waals surface area (Å²) in [7, 11) is 0. The molecule has 0 unspecified atom stereocenters. The molecule has 3 nitrogen and oxygen atoms in total. The van der Waals surface area contributed by atoms with Crippen molar-refractivity contribution in [1.29, 1.82) is 0 Å². The lowest BCUT2D eigenvalue weighted by Crippen LogP contribution is -2.15. The van der Waals surface area contributed by atoms with Crippen LogP contribution in [-0.4, -0.2) is 13.2 Å². The summed E-state index contributed by atoms with van der Waals surface area (Å²) in [5.41, 5.74) is 1.41. The molecule has 0 fully saturated rings. The van der Waals surface area contributed by atoms with Crippen LogP contribution in [0.2, 0.25) is 5.02 Å². The molecule has 0 saturated heterocycles. The molecule has 5 heteroatoms. The highest BCUT2D eigenvalue weighted by Gasteiger charge is 2.11. The minimum Gasteiger partial charge on any atom is -0.486 e. The maximum Gasteiger partial charge on any atom is 0.161 e. The molecule has 0 spiro atoms. The van der Waals surface area contributed by atoms with Crippen LogP contribution in [0.4, 0.5) is 10.1 Å². The number of hydrogen-bond donors (Lipinski definition) is 1. The van der Waals surface area contributed by atoms with Gasteiger partial charge in [0, 0.05) is 11.6 Å². The molecular weight excluding hydrogens is 281 g/mol. The highest BCUT2D eigenvalue weighted by Crippen LogP contribution is 2.31. The number of benzene rings is 2. The van der Waals surface area contributed by atoms with Crippen LogP contribution in [0.5, 0.6) is 11.5 Å². The van der Waals surface area contributed by atoms with Crippen molar-refractivity contribution in [3.05, 3.63) is 52.8 Å². The summed E-state index contributed by atoms with van der Waals surface area (Å²) in [5, 5.41) is 3.42. The molecule has 0 amide bonds. The minimum atomic E-state index is -0.366. The Morgan fingerprint density at radius 1 is 1.05 bits per heavy atom. The Hall–Kier alpha value is -1.94. The second-order valence-electron chi connectivity index (χ2n) is 4.46. The molecule has 0 saturated carbocycles. The predicted octanol–water partition coefficient (Wildman–Crippen LogP) is 3.86. The molecule has 0 aliphatic carbocycles. The Balaban J connectivity index is 1.72. The number of fused-ring (bicyclic) bond motifs is 1. The average molecular weight is 294 g/mol. The second-order valence-corrected chi connectivity index (χ2v) is 4.89. The predicted molar refractivity (Wildman–Crippen MR) is 76.2 cm³/mol. The Morgan fingerprint density at radius 3 is 2.65 bits per heavy atom. The van der Waals surface area contributed by atoms with Crippen LogP contribution in [0.1, 0.15) is 5.56 Å². The highest BCUT2D eigenvalue weighted by molar-refractivity contribution is 6.30. The van der Waals surface area contributed by atoms with Gasteiger partial charge < -0.3 is 14.8 Å². The van der Waals surface area contributed by atoms with E-state index in [1.807, 2.05) is 18.2 Å². The quantitative estimate of drug-likeness (QED) is 0.932. The molecule has 2 aromatic rings. The summed E-state index contributed by atoms with van der Waals surface area (Å²) in [4.78, 5) is 0. The molecule has 20 heavy (non-hydrogen) atoms. The number of hydrogen-bond acceptors (Lipinski definition) is 3. The van der Waals surface area contributed by atoms with Crippen LogP contribution in [0, 0.1) is 5.82 Å². The van der Waals surface area contributed by atoms with E-state index in [0.29, 0.717) is 30.5 Å². The van der Waals surface area contributed by atoms with E-state index in [4.69, 9.17) is 21.1 Å². The third-order valence-corrected chi connectivity index (χ3v) is 3.26. The SMILES string of the molecule is Fc1cc(Cl)ccc1NCc1ccc2c(c1)OCCO2. The number of anilines is 1. The van der Waals surface area contributed by atoms with Crippen LogP contribution in [0.3, 0.4) is 0 Å². The van der Waals surface area contributed by atoms with Crippen LogP contribution in [0.25, 0.3) is 0 Å². The Kier molecular flexibility index (Phi) is 3.65. The summed E-state index contributed by atoms with van der Waals surface area (Å²) >= 11 is 5.72. The minimum absolute atomic E-state index is 0.366. The molecule has 0 radical (unpaired) electrons. The van der Waals surface area contributed by atoms with Gasteiger partial charge in [-0.15, -0.1) is 0 Å². The van der Waals surface area contributed by atoms with Gasteiger partial charge in [0.1, 0.15) is 19.0 Å². The normalized spacial score (nSPS) is 13.1. The van der Waals surface area contributed by atoms with E-state index in [2.05, 4.69) is 5.32 Å². The van der Waals surface area contributed by atoms with Crippen molar-refractivity contribution in [2.24, 2.45) is 0 Å². The first kappa shape index (κ1) is 13.1. The van der Waals surface area contributed by atoms with E-state index < -0.39 is 0 Å². The number of rotatable bonds is 3. The number of halogens is 2. The average Bonchev–Trinajstić information content (AvgIpc) is 2.46. The molecule has 1 aliphatic heterocycles. The van der Waals surface area contributed by atoms with E-state index >= 15 is 0 Å². The fourth-order valence-electron chi connectivity index (χ4n) is 2.03. The van der Waals surface area contributed by atoms with Crippen molar-refractivity contribution in [3.63, 3.8) is 0 Å². The molecule has 1 N–H and O–H groups in total.